The second-order valence-corrected chi connectivity index (χ2v) is 12.0. The zero-order chi connectivity index (χ0) is 28.4. The summed E-state index contributed by atoms with van der Waals surface area (Å²) >= 11 is 6.34. The summed E-state index contributed by atoms with van der Waals surface area (Å²) in [5, 5.41) is 1.93. The fourth-order valence-electron chi connectivity index (χ4n) is 4.48. The van der Waals surface area contributed by atoms with Crippen LogP contribution in [0.25, 0.3) is 11.8 Å². The fraction of sp³-hybridized carbons (Fsp3) is 0.233. The van der Waals surface area contributed by atoms with Crippen LogP contribution in [0.15, 0.2) is 79.8 Å². The van der Waals surface area contributed by atoms with Crippen LogP contribution in [0.2, 0.25) is 0 Å². The molecule has 0 saturated heterocycles. The van der Waals surface area contributed by atoms with E-state index in [1.54, 1.807) is 24.7 Å². The van der Waals surface area contributed by atoms with Gasteiger partial charge in [-0.2, -0.15) is 0 Å². The van der Waals surface area contributed by atoms with Crippen LogP contribution >= 0.6 is 38.6 Å². The predicted molar refractivity (Wildman–Crippen MR) is 162 cm³/mol. The van der Waals surface area contributed by atoms with Crippen LogP contribution in [-0.2, 0) is 9.53 Å². The second-order valence-electron chi connectivity index (χ2n) is 9.15. The van der Waals surface area contributed by atoms with Gasteiger partial charge in [0.15, 0.2) is 16.3 Å². The van der Waals surface area contributed by atoms with Crippen LogP contribution in [0.5, 0.6) is 11.5 Å². The Kier molecular flexibility index (Phi) is 8.39. The molecule has 7 nitrogen and oxygen atoms in total. The SMILES string of the molecule is CCOC(=O)C1=C(c2ccccc2)N=c2s/c(=C\c3cc(Br)c(OC(C)C)c(OC)c3)c(=O)n2[C@@H]1c1cccs1. The smallest absolute Gasteiger partial charge is 0.338 e. The maximum atomic E-state index is 14.0. The van der Waals surface area contributed by atoms with Gasteiger partial charge >= 0.3 is 5.97 Å². The van der Waals surface area contributed by atoms with Crippen LogP contribution in [-0.4, -0.2) is 30.4 Å². The van der Waals surface area contributed by atoms with Gasteiger partial charge in [0.1, 0.15) is 6.04 Å². The highest BCUT2D eigenvalue weighted by molar-refractivity contribution is 9.10. The molecule has 206 valence electrons. The molecule has 0 unspecified atom stereocenters. The Morgan fingerprint density at radius 1 is 1.18 bits per heavy atom. The number of aromatic nitrogens is 1. The Morgan fingerprint density at radius 3 is 2.60 bits per heavy atom. The summed E-state index contributed by atoms with van der Waals surface area (Å²) in [6, 6.07) is 16.4. The molecule has 1 aliphatic heterocycles. The van der Waals surface area contributed by atoms with E-state index in [0.29, 0.717) is 36.6 Å². The van der Waals surface area contributed by atoms with Gasteiger partial charge < -0.3 is 14.2 Å². The minimum atomic E-state index is -0.671. The molecule has 0 radical (unpaired) electrons. The first kappa shape index (κ1) is 28.1. The molecule has 1 aliphatic rings. The third-order valence-corrected chi connectivity index (χ3v) is 8.59. The zero-order valence-corrected chi connectivity index (χ0v) is 25.6. The van der Waals surface area contributed by atoms with Crippen LogP contribution in [0.4, 0.5) is 0 Å². The maximum Gasteiger partial charge on any atom is 0.338 e. The van der Waals surface area contributed by atoms with Gasteiger partial charge in [0.2, 0.25) is 0 Å². The van der Waals surface area contributed by atoms with Crippen molar-refractivity contribution in [2.75, 3.05) is 13.7 Å². The number of carbonyl (C=O) groups is 1. The number of benzene rings is 2. The quantitative estimate of drug-likeness (QED) is 0.236. The van der Waals surface area contributed by atoms with E-state index < -0.39 is 12.0 Å². The highest BCUT2D eigenvalue weighted by Gasteiger charge is 2.35. The highest BCUT2D eigenvalue weighted by Crippen LogP contribution is 2.38. The molecule has 0 fully saturated rings. The lowest BCUT2D eigenvalue weighted by Gasteiger charge is -2.24. The van der Waals surface area contributed by atoms with Gasteiger partial charge in [-0.05, 0) is 71.9 Å². The minimum Gasteiger partial charge on any atom is -0.493 e. The van der Waals surface area contributed by atoms with E-state index in [2.05, 4.69) is 15.9 Å². The van der Waals surface area contributed by atoms with E-state index in [-0.39, 0.29) is 18.3 Å². The van der Waals surface area contributed by atoms with Gasteiger partial charge in [0.25, 0.3) is 5.56 Å². The minimum absolute atomic E-state index is 0.0376. The number of fused-ring (bicyclic) bond motifs is 1. The molecule has 0 spiro atoms. The first-order valence-electron chi connectivity index (χ1n) is 12.7. The van der Waals surface area contributed by atoms with Gasteiger partial charge in [0, 0.05) is 10.4 Å². The number of hydrogen-bond donors (Lipinski definition) is 0. The molecule has 0 bridgehead atoms. The maximum absolute atomic E-state index is 14.0. The van der Waals surface area contributed by atoms with Crippen molar-refractivity contribution in [3.05, 3.63) is 106 Å². The molecular formula is C30H27BrN2O5S2. The largest absolute Gasteiger partial charge is 0.493 e. The van der Waals surface area contributed by atoms with E-state index in [1.165, 1.54) is 22.7 Å². The number of hydrogen-bond acceptors (Lipinski definition) is 8. The van der Waals surface area contributed by atoms with E-state index in [1.807, 2.05) is 73.8 Å². The van der Waals surface area contributed by atoms with Crippen molar-refractivity contribution in [3.8, 4) is 11.5 Å². The summed E-state index contributed by atoms with van der Waals surface area (Å²) in [5.41, 5.74) is 2.14. The third-order valence-electron chi connectivity index (χ3n) is 6.09. The lowest BCUT2D eigenvalue weighted by Crippen LogP contribution is -2.39. The number of esters is 1. The third kappa shape index (κ3) is 5.43. The van der Waals surface area contributed by atoms with Crippen molar-refractivity contribution in [1.29, 1.82) is 0 Å². The van der Waals surface area contributed by atoms with E-state index in [0.717, 1.165) is 16.0 Å². The van der Waals surface area contributed by atoms with Gasteiger partial charge in [-0.25, -0.2) is 9.79 Å². The van der Waals surface area contributed by atoms with Crippen LogP contribution < -0.4 is 24.4 Å². The standard InChI is InChI=1S/C30H27BrN2O5S2/c1-5-37-29(35)24-25(19-10-7-6-8-11-19)32-30-33(26(24)22-12-9-13-39-22)28(34)23(40-30)16-18-14-20(31)27(38-17(2)3)21(15-18)36-4/h6-17,26H,5H2,1-4H3/b23-16-/t26-/m1/s1. The Labute approximate surface area is 247 Å². The summed E-state index contributed by atoms with van der Waals surface area (Å²) in [7, 11) is 1.58. The first-order chi connectivity index (χ1) is 19.3. The molecule has 2 aromatic carbocycles. The topological polar surface area (TPSA) is 79.1 Å². The van der Waals surface area contributed by atoms with Crippen molar-refractivity contribution in [2.24, 2.45) is 4.99 Å². The normalized spacial score (nSPS) is 15.2. The number of rotatable bonds is 8. The van der Waals surface area contributed by atoms with Gasteiger partial charge in [-0.1, -0.05) is 47.7 Å². The number of halogens is 1. The van der Waals surface area contributed by atoms with Crippen molar-refractivity contribution in [2.45, 2.75) is 32.9 Å². The molecule has 40 heavy (non-hydrogen) atoms. The van der Waals surface area contributed by atoms with Crippen molar-refractivity contribution >= 4 is 56.3 Å². The van der Waals surface area contributed by atoms with E-state index in [4.69, 9.17) is 19.2 Å². The fourth-order valence-corrected chi connectivity index (χ4v) is 6.86. The summed E-state index contributed by atoms with van der Waals surface area (Å²) in [5.74, 6) is 0.655. The van der Waals surface area contributed by atoms with Crippen LogP contribution in [0.1, 0.15) is 42.8 Å². The Morgan fingerprint density at radius 2 is 1.95 bits per heavy atom. The number of thiazole rings is 1. The molecule has 10 heteroatoms. The summed E-state index contributed by atoms with van der Waals surface area (Å²) in [6.07, 6.45) is 1.77. The summed E-state index contributed by atoms with van der Waals surface area (Å²) in [6.45, 7) is 5.86. The monoisotopic (exact) mass is 638 g/mol. The Bertz CT molecular complexity index is 1760. The molecule has 0 N–H and O–H groups in total. The number of carbonyl (C=O) groups excluding carboxylic acids is 1. The van der Waals surface area contributed by atoms with Gasteiger partial charge in [-0.3, -0.25) is 9.36 Å². The lowest BCUT2D eigenvalue weighted by atomic mass is 9.97. The highest BCUT2D eigenvalue weighted by atomic mass is 79.9. The Balaban J connectivity index is 1.75. The summed E-state index contributed by atoms with van der Waals surface area (Å²) in [4.78, 5) is 33.7. The van der Waals surface area contributed by atoms with Crippen LogP contribution in [0.3, 0.4) is 0 Å². The molecule has 3 heterocycles. The van der Waals surface area contributed by atoms with Crippen LogP contribution in [0, 0.1) is 0 Å². The van der Waals surface area contributed by atoms with E-state index >= 15 is 0 Å². The average molecular weight is 640 g/mol. The Hall–Kier alpha value is -3.47. The summed E-state index contributed by atoms with van der Waals surface area (Å²) < 4.78 is 19.8. The number of ether oxygens (including phenoxy) is 3. The average Bonchev–Trinajstić information content (AvgIpc) is 3.58. The molecule has 4 aromatic rings. The molecule has 0 saturated carbocycles. The van der Waals surface area contributed by atoms with Crippen molar-refractivity contribution in [3.63, 3.8) is 0 Å². The van der Waals surface area contributed by atoms with E-state index in [9.17, 15) is 9.59 Å². The number of methoxy groups -OCH3 is 1. The molecule has 2 aromatic heterocycles. The number of thiophene rings is 1. The lowest BCUT2D eigenvalue weighted by molar-refractivity contribution is -0.138. The van der Waals surface area contributed by atoms with Crippen molar-refractivity contribution in [1.82, 2.24) is 4.57 Å². The first-order valence-corrected chi connectivity index (χ1v) is 15.2. The molecule has 0 amide bonds. The molecule has 5 rings (SSSR count). The molecular weight excluding hydrogens is 612 g/mol. The van der Waals surface area contributed by atoms with Crippen molar-refractivity contribution < 1.29 is 19.0 Å². The second kappa shape index (κ2) is 12.0. The molecule has 1 atom stereocenters. The predicted octanol–water partition coefficient (Wildman–Crippen LogP) is 5.56. The molecule has 0 aliphatic carbocycles. The number of nitrogens with zero attached hydrogens (tertiary/aromatic N) is 2. The zero-order valence-electron chi connectivity index (χ0n) is 22.3. The van der Waals surface area contributed by atoms with Gasteiger partial charge in [-0.15, -0.1) is 11.3 Å². The van der Waals surface area contributed by atoms with Gasteiger partial charge in [0.05, 0.1) is 40.1 Å².